The smallest absolute Gasteiger partial charge is 0.231 e. The number of fused-ring (bicyclic) bond motifs is 1. The second-order valence-corrected chi connectivity index (χ2v) is 4.70. The molecule has 0 radical (unpaired) electrons. The Morgan fingerprint density at radius 2 is 2.11 bits per heavy atom. The number of ether oxygens (including phenoxy) is 3. The highest BCUT2D eigenvalue weighted by molar-refractivity contribution is 5.44. The fourth-order valence-corrected chi connectivity index (χ4v) is 1.79. The van der Waals surface area contributed by atoms with Crippen LogP contribution in [0, 0.1) is 0 Å². The molecule has 0 aromatic heterocycles. The Hall–Kier alpha value is -1.26. The maximum atomic E-state index is 5.62. The molecule has 0 unspecified atom stereocenters. The molecule has 2 rings (SSSR count). The van der Waals surface area contributed by atoms with Gasteiger partial charge >= 0.3 is 0 Å². The van der Waals surface area contributed by atoms with Crippen LogP contribution in [0.25, 0.3) is 0 Å². The van der Waals surface area contributed by atoms with E-state index in [9.17, 15) is 0 Å². The first kappa shape index (κ1) is 13.2. The van der Waals surface area contributed by atoms with Crippen LogP contribution in [-0.2, 0) is 11.3 Å². The molecule has 0 saturated carbocycles. The zero-order chi connectivity index (χ0) is 12.8. The molecule has 4 heteroatoms. The molecule has 0 bridgehead atoms. The highest BCUT2D eigenvalue weighted by atomic mass is 16.7. The van der Waals surface area contributed by atoms with Crippen LogP contribution in [0.4, 0.5) is 0 Å². The van der Waals surface area contributed by atoms with Gasteiger partial charge in [0, 0.05) is 12.6 Å². The maximum Gasteiger partial charge on any atom is 0.231 e. The molecule has 0 fully saturated rings. The number of rotatable bonds is 7. The first-order valence-electron chi connectivity index (χ1n) is 6.45. The van der Waals surface area contributed by atoms with E-state index < -0.39 is 0 Å². The van der Waals surface area contributed by atoms with Crippen LogP contribution in [-0.4, -0.2) is 26.0 Å². The molecule has 1 heterocycles. The normalized spacial score (nSPS) is 13.3. The molecular weight excluding hydrogens is 230 g/mol. The van der Waals surface area contributed by atoms with Gasteiger partial charge in [-0.25, -0.2) is 0 Å². The van der Waals surface area contributed by atoms with E-state index >= 15 is 0 Å². The van der Waals surface area contributed by atoms with Gasteiger partial charge in [-0.3, -0.25) is 0 Å². The largest absolute Gasteiger partial charge is 0.454 e. The zero-order valence-corrected chi connectivity index (χ0v) is 11.1. The summed E-state index contributed by atoms with van der Waals surface area (Å²) in [5.41, 5.74) is 1.12. The standard InChI is InChI=1S/C14H21NO3/c1-11(2)15-6-3-7-16-9-12-4-5-13-14(8-12)18-10-17-13/h4-5,8,11,15H,3,6-7,9-10H2,1-2H3. The Kier molecular flexibility index (Phi) is 4.84. The van der Waals surface area contributed by atoms with Gasteiger partial charge < -0.3 is 19.5 Å². The molecule has 18 heavy (non-hydrogen) atoms. The Balaban J connectivity index is 1.65. The van der Waals surface area contributed by atoms with E-state index in [0.29, 0.717) is 19.4 Å². The minimum atomic E-state index is 0.320. The maximum absolute atomic E-state index is 5.62. The van der Waals surface area contributed by atoms with Crippen molar-refractivity contribution < 1.29 is 14.2 Å². The van der Waals surface area contributed by atoms with Crippen molar-refractivity contribution in [2.45, 2.75) is 32.9 Å². The van der Waals surface area contributed by atoms with Crippen LogP contribution in [0.3, 0.4) is 0 Å². The average molecular weight is 251 g/mol. The second-order valence-electron chi connectivity index (χ2n) is 4.70. The number of nitrogens with one attached hydrogen (secondary N) is 1. The summed E-state index contributed by atoms with van der Waals surface area (Å²) in [5.74, 6) is 1.64. The van der Waals surface area contributed by atoms with Crippen LogP contribution >= 0.6 is 0 Å². The van der Waals surface area contributed by atoms with Gasteiger partial charge in [0.25, 0.3) is 0 Å². The number of hydrogen-bond acceptors (Lipinski definition) is 4. The van der Waals surface area contributed by atoms with E-state index in [1.54, 1.807) is 0 Å². The topological polar surface area (TPSA) is 39.7 Å². The Morgan fingerprint density at radius 1 is 1.28 bits per heavy atom. The van der Waals surface area contributed by atoms with E-state index in [4.69, 9.17) is 14.2 Å². The Labute approximate surface area is 108 Å². The van der Waals surface area contributed by atoms with E-state index in [1.165, 1.54) is 0 Å². The molecule has 1 aromatic carbocycles. The van der Waals surface area contributed by atoms with Gasteiger partial charge in [0.1, 0.15) is 0 Å². The molecule has 4 nitrogen and oxygen atoms in total. The van der Waals surface area contributed by atoms with Gasteiger partial charge in [-0.1, -0.05) is 19.9 Å². The summed E-state index contributed by atoms with van der Waals surface area (Å²) in [6.07, 6.45) is 1.03. The summed E-state index contributed by atoms with van der Waals surface area (Å²) in [6, 6.07) is 6.47. The van der Waals surface area contributed by atoms with E-state index in [0.717, 1.165) is 36.6 Å². The summed E-state index contributed by atoms with van der Waals surface area (Å²) in [6.45, 7) is 7.01. The van der Waals surface area contributed by atoms with E-state index in [1.807, 2.05) is 18.2 Å². The third-order valence-electron chi connectivity index (χ3n) is 2.72. The second kappa shape index (κ2) is 6.61. The average Bonchev–Trinajstić information content (AvgIpc) is 2.80. The van der Waals surface area contributed by atoms with E-state index in [-0.39, 0.29) is 0 Å². The van der Waals surface area contributed by atoms with Gasteiger partial charge in [-0.15, -0.1) is 0 Å². The summed E-state index contributed by atoms with van der Waals surface area (Å²) >= 11 is 0. The molecule has 0 atom stereocenters. The van der Waals surface area contributed by atoms with Crippen molar-refractivity contribution >= 4 is 0 Å². The quantitative estimate of drug-likeness (QED) is 0.755. The van der Waals surface area contributed by atoms with Crippen molar-refractivity contribution in [3.8, 4) is 11.5 Å². The first-order valence-corrected chi connectivity index (χ1v) is 6.45. The van der Waals surface area contributed by atoms with Gasteiger partial charge in [0.2, 0.25) is 6.79 Å². The summed E-state index contributed by atoms with van der Waals surface area (Å²) in [5, 5.41) is 3.36. The Bertz CT molecular complexity index is 379. The van der Waals surface area contributed by atoms with Crippen LogP contribution < -0.4 is 14.8 Å². The van der Waals surface area contributed by atoms with Gasteiger partial charge in [-0.2, -0.15) is 0 Å². The highest BCUT2D eigenvalue weighted by Crippen LogP contribution is 2.32. The fourth-order valence-electron chi connectivity index (χ4n) is 1.79. The number of benzene rings is 1. The van der Waals surface area contributed by atoms with Gasteiger partial charge in [0.05, 0.1) is 6.61 Å². The van der Waals surface area contributed by atoms with Crippen molar-refractivity contribution in [1.29, 1.82) is 0 Å². The predicted molar refractivity (Wildman–Crippen MR) is 70.0 cm³/mol. The van der Waals surface area contributed by atoms with Crippen molar-refractivity contribution in [3.63, 3.8) is 0 Å². The molecule has 0 aliphatic carbocycles. The van der Waals surface area contributed by atoms with Crippen molar-refractivity contribution in [1.82, 2.24) is 5.32 Å². The number of hydrogen-bond donors (Lipinski definition) is 1. The lowest BCUT2D eigenvalue weighted by Gasteiger charge is -2.08. The van der Waals surface area contributed by atoms with Crippen LogP contribution in [0.1, 0.15) is 25.8 Å². The third kappa shape index (κ3) is 3.89. The lowest BCUT2D eigenvalue weighted by molar-refractivity contribution is 0.118. The first-order chi connectivity index (χ1) is 8.75. The fraction of sp³-hybridized carbons (Fsp3) is 0.571. The third-order valence-corrected chi connectivity index (χ3v) is 2.72. The minimum Gasteiger partial charge on any atom is -0.454 e. The summed E-state index contributed by atoms with van der Waals surface area (Å²) < 4.78 is 16.2. The van der Waals surface area contributed by atoms with Gasteiger partial charge in [0.15, 0.2) is 11.5 Å². The molecule has 0 amide bonds. The Morgan fingerprint density at radius 3 is 2.94 bits per heavy atom. The highest BCUT2D eigenvalue weighted by Gasteiger charge is 2.12. The molecule has 1 N–H and O–H groups in total. The molecule has 0 saturated heterocycles. The lowest BCUT2D eigenvalue weighted by atomic mass is 10.2. The van der Waals surface area contributed by atoms with Crippen LogP contribution in [0.2, 0.25) is 0 Å². The van der Waals surface area contributed by atoms with Crippen molar-refractivity contribution in [3.05, 3.63) is 23.8 Å². The molecule has 1 aromatic rings. The van der Waals surface area contributed by atoms with E-state index in [2.05, 4.69) is 19.2 Å². The van der Waals surface area contributed by atoms with Crippen molar-refractivity contribution in [2.24, 2.45) is 0 Å². The van der Waals surface area contributed by atoms with Crippen LogP contribution in [0.15, 0.2) is 18.2 Å². The monoisotopic (exact) mass is 251 g/mol. The summed E-state index contributed by atoms with van der Waals surface area (Å²) in [7, 11) is 0. The van der Waals surface area contributed by atoms with Crippen molar-refractivity contribution in [2.75, 3.05) is 19.9 Å². The molecule has 100 valence electrons. The minimum absolute atomic E-state index is 0.320. The molecule has 1 aliphatic rings. The summed E-state index contributed by atoms with van der Waals surface area (Å²) in [4.78, 5) is 0. The molecule has 0 spiro atoms. The van der Waals surface area contributed by atoms with Gasteiger partial charge in [-0.05, 0) is 30.7 Å². The lowest BCUT2D eigenvalue weighted by Crippen LogP contribution is -2.24. The van der Waals surface area contributed by atoms with Crippen LogP contribution in [0.5, 0.6) is 11.5 Å². The zero-order valence-electron chi connectivity index (χ0n) is 11.1. The predicted octanol–water partition coefficient (Wildman–Crippen LogP) is 2.32. The molecular formula is C14H21NO3. The molecule has 1 aliphatic heterocycles. The SMILES string of the molecule is CC(C)NCCCOCc1ccc2c(c1)OCO2.